The summed E-state index contributed by atoms with van der Waals surface area (Å²) in [5.74, 6) is -0.991. The van der Waals surface area contributed by atoms with E-state index in [0.29, 0.717) is 21.2 Å². The van der Waals surface area contributed by atoms with Gasteiger partial charge in [-0.2, -0.15) is 4.31 Å². The third-order valence-corrected chi connectivity index (χ3v) is 7.77. The highest BCUT2D eigenvalue weighted by atomic mass is 35.5. The summed E-state index contributed by atoms with van der Waals surface area (Å²) < 4.78 is 30.8. The zero-order valence-corrected chi connectivity index (χ0v) is 19.8. The van der Waals surface area contributed by atoms with Crippen molar-refractivity contribution >= 4 is 49.8 Å². The number of amides is 1. The fourth-order valence-electron chi connectivity index (χ4n) is 3.51. The minimum Gasteiger partial charge on any atom is -0.462 e. The molecule has 10 heteroatoms. The van der Waals surface area contributed by atoms with Crippen molar-refractivity contribution in [2.75, 3.05) is 24.7 Å². The summed E-state index contributed by atoms with van der Waals surface area (Å²) in [5, 5.41) is 3.59. The normalized spacial score (nSPS) is 13.7. The van der Waals surface area contributed by atoms with Crippen molar-refractivity contribution in [2.45, 2.75) is 39.2 Å². The van der Waals surface area contributed by atoms with Gasteiger partial charge in [0.1, 0.15) is 5.00 Å². The Morgan fingerprint density at radius 3 is 2.61 bits per heavy atom. The highest BCUT2D eigenvalue weighted by Gasteiger charge is 2.28. The third-order valence-electron chi connectivity index (χ3n) is 5.00. The van der Waals surface area contributed by atoms with Crippen molar-refractivity contribution in [3.63, 3.8) is 0 Å². The van der Waals surface area contributed by atoms with Gasteiger partial charge in [0.2, 0.25) is 15.9 Å². The quantitative estimate of drug-likeness (QED) is 0.574. The summed E-state index contributed by atoms with van der Waals surface area (Å²) in [6.45, 7) is 1.54. The molecule has 1 aliphatic carbocycles. The molecule has 0 spiro atoms. The molecular formula is C21H25ClN2O5S2. The fraction of sp³-hybridized carbons (Fsp3) is 0.429. The van der Waals surface area contributed by atoms with Gasteiger partial charge in [0, 0.05) is 16.4 Å². The number of thiophene rings is 1. The van der Waals surface area contributed by atoms with Crippen LogP contribution in [0.5, 0.6) is 0 Å². The molecule has 1 amide bonds. The van der Waals surface area contributed by atoms with Crippen LogP contribution in [0.1, 0.15) is 46.1 Å². The highest BCUT2D eigenvalue weighted by molar-refractivity contribution is 7.88. The molecule has 2 aromatic rings. The first-order valence-electron chi connectivity index (χ1n) is 10.0. The van der Waals surface area contributed by atoms with Gasteiger partial charge in [0.15, 0.2) is 0 Å². The summed E-state index contributed by atoms with van der Waals surface area (Å²) in [6.07, 6.45) is 4.67. The Bertz CT molecular complexity index is 1080. The van der Waals surface area contributed by atoms with Gasteiger partial charge in [0.25, 0.3) is 0 Å². The number of fused-ring (bicyclic) bond motifs is 1. The monoisotopic (exact) mass is 484 g/mol. The van der Waals surface area contributed by atoms with Gasteiger partial charge in [-0.05, 0) is 49.8 Å². The number of halogens is 1. The first kappa shape index (κ1) is 23.7. The SMILES string of the molecule is CCOC(=O)c1c(NC(=O)CN(Cc2ccccc2Cl)S(C)(=O)=O)sc2c1CCCC2. The number of ether oxygens (including phenoxy) is 1. The molecule has 0 unspecified atom stereocenters. The standard InChI is InChI=1S/C21H25ClN2O5S2/c1-3-29-21(26)19-15-9-5-7-11-17(15)30-20(19)23-18(25)13-24(31(2,27)28)12-14-8-4-6-10-16(14)22/h4,6,8,10H,3,5,7,9,11-13H2,1-2H3,(H,23,25). The average molecular weight is 485 g/mol. The lowest BCUT2D eigenvalue weighted by atomic mass is 9.95. The number of aryl methyl sites for hydroxylation is 1. The van der Waals surface area contributed by atoms with E-state index in [1.807, 2.05) is 0 Å². The zero-order chi connectivity index (χ0) is 22.6. The first-order valence-corrected chi connectivity index (χ1v) is 13.0. The Morgan fingerprint density at radius 2 is 1.94 bits per heavy atom. The molecule has 0 radical (unpaired) electrons. The van der Waals surface area contributed by atoms with Crippen LogP contribution in [0.15, 0.2) is 24.3 Å². The molecule has 0 saturated carbocycles. The maximum absolute atomic E-state index is 12.8. The highest BCUT2D eigenvalue weighted by Crippen LogP contribution is 2.38. The van der Waals surface area contributed by atoms with Gasteiger partial charge in [-0.25, -0.2) is 13.2 Å². The maximum atomic E-state index is 12.8. The average Bonchev–Trinajstić information content (AvgIpc) is 3.06. The van der Waals surface area contributed by atoms with E-state index in [2.05, 4.69) is 5.32 Å². The topological polar surface area (TPSA) is 92.8 Å². The number of nitrogens with zero attached hydrogens (tertiary/aromatic N) is 1. The van der Waals surface area contributed by atoms with Gasteiger partial charge in [-0.15, -0.1) is 11.3 Å². The third kappa shape index (κ3) is 5.85. The van der Waals surface area contributed by atoms with E-state index in [4.69, 9.17) is 16.3 Å². The molecular weight excluding hydrogens is 460 g/mol. The summed E-state index contributed by atoms with van der Waals surface area (Å²) in [4.78, 5) is 26.4. The van der Waals surface area contributed by atoms with Gasteiger partial charge < -0.3 is 10.1 Å². The number of hydrogen-bond acceptors (Lipinski definition) is 6. The minimum absolute atomic E-state index is 0.0302. The second-order valence-electron chi connectivity index (χ2n) is 7.31. The molecule has 3 rings (SSSR count). The summed E-state index contributed by atoms with van der Waals surface area (Å²) in [7, 11) is -3.68. The Labute approximate surface area is 191 Å². The fourth-order valence-corrected chi connectivity index (χ4v) is 5.72. The largest absolute Gasteiger partial charge is 0.462 e. The van der Waals surface area contributed by atoms with E-state index in [1.54, 1.807) is 31.2 Å². The lowest BCUT2D eigenvalue weighted by Gasteiger charge is -2.20. The van der Waals surface area contributed by atoms with Crippen molar-refractivity contribution < 1.29 is 22.7 Å². The second-order valence-corrected chi connectivity index (χ2v) is 10.8. The molecule has 0 fully saturated rings. The molecule has 7 nitrogen and oxygen atoms in total. The van der Waals surface area contributed by atoms with Crippen molar-refractivity contribution in [3.05, 3.63) is 50.9 Å². The van der Waals surface area contributed by atoms with E-state index in [0.717, 1.165) is 46.7 Å². The Balaban J connectivity index is 1.82. The van der Waals surface area contributed by atoms with Crippen LogP contribution in [0.2, 0.25) is 5.02 Å². The molecule has 1 heterocycles. The van der Waals surface area contributed by atoms with Crippen molar-refractivity contribution in [1.29, 1.82) is 0 Å². The van der Waals surface area contributed by atoms with Crippen LogP contribution < -0.4 is 5.32 Å². The van der Waals surface area contributed by atoms with Crippen LogP contribution in [0.25, 0.3) is 0 Å². The molecule has 1 N–H and O–H groups in total. The number of nitrogens with one attached hydrogen (secondary N) is 1. The van der Waals surface area contributed by atoms with Gasteiger partial charge >= 0.3 is 5.97 Å². The Morgan fingerprint density at radius 1 is 1.23 bits per heavy atom. The number of sulfonamides is 1. The lowest BCUT2D eigenvalue weighted by molar-refractivity contribution is -0.116. The number of carbonyl (C=O) groups excluding carboxylic acids is 2. The number of esters is 1. The summed E-state index contributed by atoms with van der Waals surface area (Å²) in [5.41, 5.74) is 1.93. The molecule has 1 aliphatic rings. The summed E-state index contributed by atoms with van der Waals surface area (Å²) in [6, 6.07) is 6.88. The minimum atomic E-state index is -3.68. The van der Waals surface area contributed by atoms with E-state index >= 15 is 0 Å². The molecule has 1 aromatic heterocycles. The van der Waals surface area contributed by atoms with Gasteiger partial charge in [-0.3, -0.25) is 4.79 Å². The molecule has 1 aromatic carbocycles. The van der Waals surface area contributed by atoms with Crippen LogP contribution in [-0.2, 0) is 38.9 Å². The Kier molecular flexibility index (Phi) is 7.74. The van der Waals surface area contributed by atoms with Crippen LogP contribution >= 0.6 is 22.9 Å². The predicted molar refractivity (Wildman–Crippen MR) is 122 cm³/mol. The van der Waals surface area contributed by atoms with E-state index in [1.165, 1.54) is 11.3 Å². The number of carbonyl (C=O) groups is 2. The van der Waals surface area contributed by atoms with Crippen molar-refractivity contribution in [1.82, 2.24) is 4.31 Å². The molecule has 168 valence electrons. The number of benzene rings is 1. The van der Waals surface area contributed by atoms with Crippen LogP contribution in [0.3, 0.4) is 0 Å². The molecule has 31 heavy (non-hydrogen) atoms. The summed E-state index contributed by atoms with van der Waals surface area (Å²) >= 11 is 7.52. The number of anilines is 1. The lowest BCUT2D eigenvalue weighted by Crippen LogP contribution is -2.37. The first-order chi connectivity index (χ1) is 14.7. The second kappa shape index (κ2) is 10.1. The Hall–Kier alpha value is -1.94. The number of rotatable bonds is 8. The van der Waals surface area contributed by atoms with E-state index in [-0.39, 0.29) is 13.2 Å². The smallest absolute Gasteiger partial charge is 0.341 e. The molecule has 0 aliphatic heterocycles. The van der Waals surface area contributed by atoms with Gasteiger partial charge in [0.05, 0.1) is 25.0 Å². The molecule has 0 bridgehead atoms. The maximum Gasteiger partial charge on any atom is 0.341 e. The zero-order valence-electron chi connectivity index (χ0n) is 17.4. The van der Waals surface area contributed by atoms with Crippen molar-refractivity contribution in [3.8, 4) is 0 Å². The number of hydrogen-bond donors (Lipinski definition) is 1. The molecule has 0 saturated heterocycles. The van der Waals surface area contributed by atoms with E-state index < -0.39 is 28.4 Å². The van der Waals surface area contributed by atoms with Crippen LogP contribution in [0, 0.1) is 0 Å². The van der Waals surface area contributed by atoms with Gasteiger partial charge in [-0.1, -0.05) is 29.8 Å². The predicted octanol–water partition coefficient (Wildman–Crippen LogP) is 3.86. The van der Waals surface area contributed by atoms with Crippen LogP contribution in [-0.4, -0.2) is 44.0 Å². The molecule has 0 atom stereocenters. The van der Waals surface area contributed by atoms with E-state index in [9.17, 15) is 18.0 Å². The van der Waals surface area contributed by atoms with Crippen LogP contribution in [0.4, 0.5) is 5.00 Å². The van der Waals surface area contributed by atoms with Crippen molar-refractivity contribution in [2.24, 2.45) is 0 Å².